The van der Waals surface area contributed by atoms with Crippen molar-refractivity contribution in [3.05, 3.63) is 52.3 Å². The molecule has 0 amide bonds. The van der Waals surface area contributed by atoms with Crippen molar-refractivity contribution in [1.29, 1.82) is 0 Å². The Labute approximate surface area is 173 Å². The summed E-state index contributed by atoms with van der Waals surface area (Å²) in [5.74, 6) is 1.40. The number of hydrogen-bond donors (Lipinski definition) is 2. The fourth-order valence-corrected chi connectivity index (χ4v) is 4.20. The lowest BCUT2D eigenvalue weighted by atomic mass is 9.92. The highest BCUT2D eigenvalue weighted by Crippen LogP contribution is 2.30. The van der Waals surface area contributed by atoms with Crippen molar-refractivity contribution in [3.63, 3.8) is 0 Å². The molecule has 0 spiro atoms. The van der Waals surface area contributed by atoms with E-state index in [0.29, 0.717) is 17.5 Å². The van der Waals surface area contributed by atoms with E-state index in [1.54, 1.807) is 14.2 Å². The summed E-state index contributed by atoms with van der Waals surface area (Å²) >= 11 is 0. The molecule has 0 bridgehead atoms. The molecule has 2 aromatic rings. The quantitative estimate of drug-likeness (QED) is 0.757. The minimum atomic E-state index is 0.551. The predicted molar refractivity (Wildman–Crippen MR) is 121 cm³/mol. The molecule has 1 aromatic carbocycles. The van der Waals surface area contributed by atoms with Gasteiger partial charge in [-0.2, -0.15) is 0 Å². The van der Waals surface area contributed by atoms with Gasteiger partial charge in [-0.05, 0) is 61.7 Å². The second-order valence-corrected chi connectivity index (χ2v) is 7.49. The average molecular weight is 396 g/mol. The van der Waals surface area contributed by atoms with E-state index in [1.165, 1.54) is 28.2 Å². The van der Waals surface area contributed by atoms with Crippen LogP contribution in [0.5, 0.6) is 11.5 Å². The first-order valence-electron chi connectivity index (χ1n) is 10.3. The van der Waals surface area contributed by atoms with E-state index in [4.69, 9.17) is 9.47 Å². The molecule has 5 heteroatoms. The number of fused-ring (bicyclic) bond motifs is 1. The van der Waals surface area contributed by atoms with Gasteiger partial charge in [0.1, 0.15) is 0 Å². The van der Waals surface area contributed by atoms with E-state index in [9.17, 15) is 0 Å². The molecule has 2 N–H and O–H groups in total. The number of aromatic nitrogens is 1. The van der Waals surface area contributed by atoms with Crippen LogP contribution in [-0.4, -0.2) is 31.9 Å². The standard InChI is InChI=1S/C24H33N3O2/c1-7-8-19-20-14-17(25-3)9-11-21(20)27(4)22(19)13-16(2)26-18-10-12-23(28-5)24(15-18)29-6/h8,10,12-13,15,17,25-26H,2,7,9,11,14H2,1,3-6H3/b19-8-,22-13+. The monoisotopic (exact) mass is 395 g/mol. The number of allylic oxidation sites excluding steroid dienone is 1. The summed E-state index contributed by atoms with van der Waals surface area (Å²) in [6.45, 7) is 6.44. The summed E-state index contributed by atoms with van der Waals surface area (Å²) in [5, 5.41) is 9.40. The van der Waals surface area contributed by atoms with E-state index in [2.05, 4.69) is 55.0 Å². The van der Waals surface area contributed by atoms with Gasteiger partial charge < -0.3 is 24.7 Å². The van der Waals surface area contributed by atoms with Crippen molar-refractivity contribution in [3.8, 4) is 11.5 Å². The van der Waals surface area contributed by atoms with E-state index in [1.807, 2.05) is 18.2 Å². The topological polar surface area (TPSA) is 47.5 Å². The molecule has 0 saturated heterocycles. The second-order valence-electron chi connectivity index (χ2n) is 7.49. The first-order valence-corrected chi connectivity index (χ1v) is 10.3. The number of likely N-dealkylation sites (N-methyl/N-ethyl adjacent to an activating group) is 1. The molecular formula is C24H33N3O2. The molecule has 156 valence electrons. The van der Waals surface area contributed by atoms with Gasteiger partial charge in [-0.15, -0.1) is 0 Å². The molecular weight excluding hydrogens is 362 g/mol. The molecule has 1 aliphatic carbocycles. The summed E-state index contributed by atoms with van der Waals surface area (Å²) in [5.41, 5.74) is 4.68. The molecule has 1 atom stereocenters. The van der Waals surface area contributed by atoms with Crippen LogP contribution in [0.1, 0.15) is 31.0 Å². The highest BCUT2D eigenvalue weighted by atomic mass is 16.5. The maximum absolute atomic E-state index is 5.40. The van der Waals surface area contributed by atoms with Gasteiger partial charge in [-0.3, -0.25) is 0 Å². The molecule has 0 saturated carbocycles. The molecule has 1 aromatic heterocycles. The van der Waals surface area contributed by atoms with Crippen LogP contribution in [0, 0.1) is 0 Å². The average Bonchev–Trinajstić information content (AvgIpc) is 2.99. The first kappa shape index (κ1) is 21.1. The minimum absolute atomic E-state index is 0.551. The number of benzene rings is 1. The van der Waals surface area contributed by atoms with Gasteiger partial charge >= 0.3 is 0 Å². The zero-order valence-corrected chi connectivity index (χ0v) is 18.3. The van der Waals surface area contributed by atoms with Gasteiger partial charge in [0.25, 0.3) is 0 Å². The molecule has 5 nitrogen and oxygen atoms in total. The van der Waals surface area contributed by atoms with Gasteiger partial charge in [0.15, 0.2) is 11.5 Å². The zero-order chi connectivity index (χ0) is 21.0. The van der Waals surface area contributed by atoms with E-state index < -0.39 is 0 Å². The molecule has 3 rings (SSSR count). The number of rotatable bonds is 7. The molecule has 0 fully saturated rings. The maximum Gasteiger partial charge on any atom is 0.162 e. The van der Waals surface area contributed by atoms with Crippen molar-refractivity contribution in [2.75, 3.05) is 26.6 Å². The molecule has 1 unspecified atom stereocenters. The molecule has 1 aliphatic rings. The van der Waals surface area contributed by atoms with Crippen molar-refractivity contribution >= 4 is 17.8 Å². The fraction of sp³-hybridized carbons (Fsp3) is 0.417. The Morgan fingerprint density at radius 2 is 2.03 bits per heavy atom. The summed E-state index contributed by atoms with van der Waals surface area (Å²) in [4.78, 5) is 0. The van der Waals surface area contributed by atoms with Crippen LogP contribution < -0.4 is 30.7 Å². The van der Waals surface area contributed by atoms with Crippen LogP contribution >= 0.6 is 0 Å². The summed E-state index contributed by atoms with van der Waals surface area (Å²) < 4.78 is 13.1. The lowest BCUT2D eigenvalue weighted by molar-refractivity contribution is 0.355. The van der Waals surface area contributed by atoms with Gasteiger partial charge in [0.2, 0.25) is 0 Å². The SMILES string of the molecule is C=C(/C=c1\c(=C/CC)c2c(n1C)CCC(NC)C2)Nc1ccc(OC)c(OC)c1. The second kappa shape index (κ2) is 9.23. The van der Waals surface area contributed by atoms with Crippen LogP contribution in [0.4, 0.5) is 5.69 Å². The van der Waals surface area contributed by atoms with E-state index in [0.717, 1.165) is 30.6 Å². The number of hydrogen-bond acceptors (Lipinski definition) is 4. The third-order valence-electron chi connectivity index (χ3n) is 5.71. The lowest BCUT2D eigenvalue weighted by Gasteiger charge is -2.22. The van der Waals surface area contributed by atoms with Crippen molar-refractivity contribution < 1.29 is 9.47 Å². The Bertz CT molecular complexity index is 1000. The molecule has 29 heavy (non-hydrogen) atoms. The highest BCUT2D eigenvalue weighted by molar-refractivity contribution is 5.63. The highest BCUT2D eigenvalue weighted by Gasteiger charge is 2.22. The minimum Gasteiger partial charge on any atom is -0.493 e. The number of anilines is 1. The smallest absolute Gasteiger partial charge is 0.162 e. The van der Waals surface area contributed by atoms with Gasteiger partial charge in [-0.1, -0.05) is 19.6 Å². The number of methoxy groups -OCH3 is 2. The number of nitrogens with one attached hydrogen (secondary N) is 2. The van der Waals surface area contributed by atoms with Crippen LogP contribution in [0.2, 0.25) is 0 Å². The lowest BCUT2D eigenvalue weighted by Crippen LogP contribution is -2.34. The maximum atomic E-state index is 5.40. The molecule has 1 heterocycles. The molecule has 0 aliphatic heterocycles. The summed E-state index contributed by atoms with van der Waals surface area (Å²) in [6, 6.07) is 6.33. The summed E-state index contributed by atoms with van der Waals surface area (Å²) in [6.07, 6.45) is 8.85. The normalized spacial score (nSPS) is 17.2. The number of ether oxygens (including phenoxy) is 2. The van der Waals surface area contributed by atoms with Crippen LogP contribution in [0.25, 0.3) is 12.2 Å². The Morgan fingerprint density at radius 1 is 1.28 bits per heavy atom. The van der Waals surface area contributed by atoms with Crippen molar-refractivity contribution in [2.45, 2.75) is 38.6 Å². The van der Waals surface area contributed by atoms with Crippen molar-refractivity contribution in [1.82, 2.24) is 9.88 Å². The van der Waals surface area contributed by atoms with Crippen molar-refractivity contribution in [2.24, 2.45) is 7.05 Å². The predicted octanol–water partition coefficient (Wildman–Crippen LogP) is 2.72. The largest absolute Gasteiger partial charge is 0.493 e. The zero-order valence-electron chi connectivity index (χ0n) is 18.3. The van der Waals surface area contributed by atoms with Crippen LogP contribution in [-0.2, 0) is 19.9 Å². The third kappa shape index (κ3) is 4.35. The van der Waals surface area contributed by atoms with Gasteiger partial charge in [0, 0.05) is 41.6 Å². The Balaban J connectivity index is 1.97. The Hall–Kier alpha value is -2.66. The summed E-state index contributed by atoms with van der Waals surface area (Å²) in [7, 11) is 7.51. The fourth-order valence-electron chi connectivity index (χ4n) is 4.20. The first-order chi connectivity index (χ1) is 14.0. The van der Waals surface area contributed by atoms with E-state index >= 15 is 0 Å². The Morgan fingerprint density at radius 3 is 2.69 bits per heavy atom. The third-order valence-corrected chi connectivity index (χ3v) is 5.71. The van der Waals surface area contributed by atoms with Gasteiger partial charge in [-0.25, -0.2) is 0 Å². The van der Waals surface area contributed by atoms with E-state index in [-0.39, 0.29) is 0 Å². The molecule has 0 radical (unpaired) electrons. The van der Waals surface area contributed by atoms with Crippen LogP contribution in [0.3, 0.4) is 0 Å². The number of nitrogens with zero attached hydrogens (tertiary/aromatic N) is 1. The van der Waals surface area contributed by atoms with Crippen LogP contribution in [0.15, 0.2) is 30.5 Å². The Kier molecular flexibility index (Phi) is 6.70. The van der Waals surface area contributed by atoms with Gasteiger partial charge in [0.05, 0.1) is 14.2 Å².